The zero-order chi connectivity index (χ0) is 40.7. The molecular weight excluding hydrogens is 691 g/mol. The highest BCUT2D eigenvalue weighted by Crippen LogP contribution is 2.12. The molecule has 0 aliphatic rings. The van der Waals surface area contributed by atoms with Gasteiger partial charge in [0.05, 0.1) is 34.4 Å². The smallest absolute Gasteiger partial charge is 0.362 e. The lowest BCUT2D eigenvalue weighted by molar-refractivity contribution is -0.887. The molecule has 0 rings (SSSR count). The lowest BCUT2D eigenvalue weighted by Gasteiger charge is -2.31. The van der Waals surface area contributed by atoms with Crippen LogP contribution >= 0.6 is 0 Å². The summed E-state index contributed by atoms with van der Waals surface area (Å²) in [4.78, 5) is 36.9. The lowest BCUT2D eigenvalue weighted by atomic mass is 10.1. The molecule has 0 heterocycles. The van der Waals surface area contributed by atoms with Crippen molar-refractivity contribution in [1.29, 1.82) is 0 Å². The fourth-order valence-electron chi connectivity index (χ4n) is 5.54. The van der Waals surface area contributed by atoms with Gasteiger partial charge in [-0.15, -0.1) is 0 Å². The van der Waals surface area contributed by atoms with E-state index < -0.39 is 24.1 Å². The normalized spacial score (nSPS) is 13.8. The van der Waals surface area contributed by atoms with Crippen molar-refractivity contribution in [2.45, 2.75) is 154 Å². The maximum absolute atomic E-state index is 12.7. The number of nitrogens with zero attached hydrogens (tertiary/aromatic N) is 1. The molecule has 8 nitrogen and oxygen atoms in total. The van der Waals surface area contributed by atoms with E-state index in [4.69, 9.17) is 14.2 Å². The van der Waals surface area contributed by atoms with Gasteiger partial charge < -0.3 is 23.8 Å². The van der Waals surface area contributed by atoms with Crippen LogP contribution in [0.25, 0.3) is 0 Å². The number of likely N-dealkylation sites (N-methyl/N-ethyl adjacent to an activating group) is 1. The predicted octanol–water partition coefficient (Wildman–Crippen LogP) is 11.4. The van der Waals surface area contributed by atoms with Gasteiger partial charge in [0, 0.05) is 19.3 Å². The Labute approximate surface area is 335 Å². The average molecular weight is 769 g/mol. The van der Waals surface area contributed by atoms with E-state index in [1.165, 1.54) is 32.1 Å². The number of quaternary nitrogens is 1. The molecule has 312 valence electrons. The number of carbonyl (C=O) groups is 3. The summed E-state index contributed by atoms with van der Waals surface area (Å²) >= 11 is 0. The number of carboxylic acid groups (broad SMARTS) is 1. The van der Waals surface area contributed by atoms with Gasteiger partial charge in [0.15, 0.2) is 12.1 Å². The molecule has 0 amide bonds. The van der Waals surface area contributed by atoms with E-state index in [9.17, 15) is 19.5 Å². The molecule has 0 saturated heterocycles. The molecule has 1 N–H and O–H groups in total. The second-order valence-electron chi connectivity index (χ2n) is 14.9. The summed E-state index contributed by atoms with van der Waals surface area (Å²) < 4.78 is 17.1. The molecule has 0 aromatic carbocycles. The van der Waals surface area contributed by atoms with Crippen molar-refractivity contribution in [2.75, 3.05) is 41.0 Å². The van der Waals surface area contributed by atoms with E-state index in [1.807, 2.05) is 33.3 Å². The molecule has 0 radical (unpaired) electrons. The number of allylic oxidation sites excluding steroid dienone is 14. The summed E-state index contributed by atoms with van der Waals surface area (Å²) in [6.45, 7) is 4.47. The minimum Gasteiger partial charge on any atom is -0.477 e. The number of hydrogen-bond acceptors (Lipinski definition) is 6. The topological polar surface area (TPSA) is 99.1 Å². The third kappa shape index (κ3) is 35.9. The summed E-state index contributed by atoms with van der Waals surface area (Å²) in [7, 11) is 5.48. The van der Waals surface area contributed by atoms with Crippen molar-refractivity contribution in [3.63, 3.8) is 0 Å². The molecule has 0 bridgehead atoms. The Morgan fingerprint density at radius 1 is 0.582 bits per heavy atom. The Morgan fingerprint density at radius 3 is 1.65 bits per heavy atom. The third-order valence-electron chi connectivity index (χ3n) is 8.82. The minimum absolute atomic E-state index is 0.0224. The van der Waals surface area contributed by atoms with Crippen LogP contribution in [0, 0.1) is 0 Å². The molecule has 55 heavy (non-hydrogen) atoms. The number of esters is 2. The van der Waals surface area contributed by atoms with Crippen molar-refractivity contribution in [3.8, 4) is 0 Å². The van der Waals surface area contributed by atoms with Crippen LogP contribution in [-0.2, 0) is 28.6 Å². The number of ether oxygens (including phenoxy) is 3. The highest BCUT2D eigenvalue weighted by Gasteiger charge is 2.31. The first kappa shape index (κ1) is 51.5. The van der Waals surface area contributed by atoms with Crippen molar-refractivity contribution in [2.24, 2.45) is 0 Å². The third-order valence-corrected chi connectivity index (χ3v) is 8.82. The van der Waals surface area contributed by atoms with Gasteiger partial charge in [-0.3, -0.25) is 9.59 Å². The van der Waals surface area contributed by atoms with Gasteiger partial charge in [-0.2, -0.15) is 0 Å². The fraction of sp³-hybridized carbons (Fsp3) is 0.638. The van der Waals surface area contributed by atoms with E-state index in [2.05, 4.69) is 86.8 Å². The van der Waals surface area contributed by atoms with E-state index in [0.29, 0.717) is 19.3 Å². The summed E-state index contributed by atoms with van der Waals surface area (Å²) in [6.07, 6.45) is 47.8. The van der Waals surface area contributed by atoms with Crippen LogP contribution in [0.15, 0.2) is 85.1 Å². The standard InChI is InChI=1S/C47H77NO7/c1-6-8-10-12-14-16-18-20-22-24-26-28-30-32-34-36-38-46(50)55-43(41-53-40-39-44(47(51)52)48(3,4)5)42-54-45(49)37-35-33-31-29-27-25-23-21-19-17-15-13-11-9-7-2/h8,10,14-17,19-22,26,28,32,34,43-44H,6-7,9,11-13,18,23-25,27,29-31,33,35-42H2,1-5H3/p+1/b10-8+,16-14+,17-15+,21-19+,22-20+,28-26+,34-32+. The molecule has 8 heteroatoms. The van der Waals surface area contributed by atoms with Crippen LogP contribution in [0.2, 0.25) is 0 Å². The Morgan fingerprint density at radius 2 is 1.11 bits per heavy atom. The molecular formula is C47H78NO7+. The average Bonchev–Trinajstić information content (AvgIpc) is 3.14. The van der Waals surface area contributed by atoms with Crippen LogP contribution in [0.4, 0.5) is 0 Å². The number of aliphatic carboxylic acids is 1. The second kappa shape index (κ2) is 37.4. The molecule has 0 aliphatic heterocycles. The van der Waals surface area contributed by atoms with Crippen molar-refractivity contribution < 1.29 is 38.2 Å². The predicted molar refractivity (Wildman–Crippen MR) is 229 cm³/mol. The Kier molecular flexibility index (Phi) is 35.1. The van der Waals surface area contributed by atoms with Crippen molar-refractivity contribution in [1.82, 2.24) is 0 Å². The van der Waals surface area contributed by atoms with E-state index >= 15 is 0 Å². The number of rotatable bonds is 36. The van der Waals surface area contributed by atoms with Crippen LogP contribution < -0.4 is 0 Å². The highest BCUT2D eigenvalue weighted by molar-refractivity contribution is 5.72. The molecule has 0 aliphatic carbocycles. The van der Waals surface area contributed by atoms with Gasteiger partial charge in [0.25, 0.3) is 0 Å². The largest absolute Gasteiger partial charge is 0.477 e. The Bertz CT molecular complexity index is 1170. The number of carboxylic acids is 1. The second-order valence-corrected chi connectivity index (χ2v) is 14.9. The molecule has 2 atom stereocenters. The summed E-state index contributed by atoms with van der Waals surface area (Å²) in [5.41, 5.74) is 0. The first-order chi connectivity index (χ1) is 26.6. The summed E-state index contributed by atoms with van der Waals surface area (Å²) in [5, 5.41) is 9.61. The van der Waals surface area contributed by atoms with Crippen LogP contribution in [0.3, 0.4) is 0 Å². The Hall–Kier alpha value is -3.49. The van der Waals surface area contributed by atoms with Crippen LogP contribution in [0.1, 0.15) is 142 Å². The van der Waals surface area contributed by atoms with E-state index in [1.54, 1.807) is 0 Å². The quantitative estimate of drug-likeness (QED) is 0.0223. The van der Waals surface area contributed by atoms with Gasteiger partial charge in [-0.25, -0.2) is 4.79 Å². The zero-order valence-corrected chi connectivity index (χ0v) is 35.3. The van der Waals surface area contributed by atoms with Crippen molar-refractivity contribution in [3.05, 3.63) is 85.1 Å². The maximum Gasteiger partial charge on any atom is 0.362 e. The molecule has 0 saturated carbocycles. The lowest BCUT2D eigenvalue weighted by Crippen LogP contribution is -2.50. The molecule has 0 spiro atoms. The van der Waals surface area contributed by atoms with Crippen molar-refractivity contribution >= 4 is 17.9 Å². The molecule has 2 unspecified atom stereocenters. The molecule has 0 fully saturated rings. The minimum atomic E-state index is -0.892. The van der Waals surface area contributed by atoms with E-state index in [-0.39, 0.29) is 36.7 Å². The zero-order valence-electron chi connectivity index (χ0n) is 35.3. The first-order valence-corrected chi connectivity index (χ1v) is 21.1. The molecule has 0 aromatic rings. The number of carbonyl (C=O) groups excluding carboxylic acids is 2. The van der Waals surface area contributed by atoms with Gasteiger partial charge in [-0.05, 0) is 70.6 Å². The maximum atomic E-state index is 12.7. The number of unbranched alkanes of at least 4 members (excludes halogenated alkanes) is 9. The van der Waals surface area contributed by atoms with Gasteiger partial charge >= 0.3 is 17.9 Å². The highest BCUT2D eigenvalue weighted by atomic mass is 16.6. The monoisotopic (exact) mass is 769 g/mol. The first-order valence-electron chi connectivity index (χ1n) is 21.1. The Balaban J connectivity index is 4.53. The number of hydrogen-bond donors (Lipinski definition) is 1. The van der Waals surface area contributed by atoms with Crippen LogP contribution in [0.5, 0.6) is 0 Å². The summed E-state index contributed by atoms with van der Waals surface area (Å²) in [5.74, 6) is -1.60. The van der Waals surface area contributed by atoms with Gasteiger partial charge in [-0.1, -0.05) is 137 Å². The van der Waals surface area contributed by atoms with Crippen LogP contribution in [-0.4, -0.2) is 80.6 Å². The van der Waals surface area contributed by atoms with Gasteiger partial charge in [0.1, 0.15) is 6.61 Å². The fourth-order valence-corrected chi connectivity index (χ4v) is 5.54. The van der Waals surface area contributed by atoms with E-state index in [0.717, 1.165) is 70.6 Å². The summed E-state index contributed by atoms with van der Waals surface area (Å²) in [6, 6.07) is -0.633. The SMILES string of the molecule is CC/C=C/C/C=C/C/C=C/C/C=C/C/C=C/CCC(=O)OC(COCCC(C(=O)O)[N+](C)(C)C)COC(=O)CCCCCCCC/C=C/C=C/CCCCC. The van der Waals surface area contributed by atoms with Gasteiger partial charge in [0.2, 0.25) is 0 Å². The molecule has 0 aromatic heterocycles.